The van der Waals surface area contributed by atoms with Crippen molar-refractivity contribution in [2.24, 2.45) is 0 Å². The van der Waals surface area contributed by atoms with Crippen molar-refractivity contribution in [3.8, 4) is 0 Å². The van der Waals surface area contributed by atoms with Crippen LogP contribution in [0.1, 0.15) is 5.56 Å². The van der Waals surface area contributed by atoms with E-state index in [1.54, 1.807) is 7.05 Å². The summed E-state index contributed by atoms with van der Waals surface area (Å²) in [5, 5.41) is 2.88. The predicted molar refractivity (Wildman–Crippen MR) is 51.7 cm³/mol. The molecule has 0 aliphatic rings. The van der Waals surface area contributed by atoms with Gasteiger partial charge in [0, 0.05) is 0 Å². The maximum Gasteiger partial charge on any atom is 0.137 e. The van der Waals surface area contributed by atoms with Gasteiger partial charge in [-0.05, 0) is 53.6 Å². The van der Waals surface area contributed by atoms with Crippen molar-refractivity contribution >= 4 is 15.9 Å². The van der Waals surface area contributed by atoms with E-state index in [2.05, 4.69) is 21.2 Å². The van der Waals surface area contributed by atoms with Gasteiger partial charge in [-0.15, -0.1) is 0 Å². The van der Waals surface area contributed by atoms with E-state index in [-0.39, 0.29) is 10.3 Å². The summed E-state index contributed by atoms with van der Waals surface area (Å²) in [6, 6.07) is 2.37. The van der Waals surface area contributed by atoms with Crippen molar-refractivity contribution in [2.75, 3.05) is 13.6 Å². The van der Waals surface area contributed by atoms with Gasteiger partial charge in [0.1, 0.15) is 11.6 Å². The molecule has 0 spiro atoms. The van der Waals surface area contributed by atoms with Gasteiger partial charge in [0.15, 0.2) is 0 Å². The van der Waals surface area contributed by atoms with Crippen LogP contribution >= 0.6 is 15.9 Å². The molecule has 0 aliphatic heterocycles. The molecule has 0 unspecified atom stereocenters. The second kappa shape index (κ2) is 4.67. The Morgan fingerprint density at radius 2 is 2.00 bits per heavy atom. The maximum atomic E-state index is 13.1. The van der Waals surface area contributed by atoms with Gasteiger partial charge in [-0.2, -0.15) is 0 Å². The molecule has 0 saturated heterocycles. The molecular weight excluding hydrogens is 240 g/mol. The molecule has 1 rings (SSSR count). The standard InChI is InChI=1S/C9H10BrF2N/c1-13-3-2-6-4-9(12)7(10)5-8(6)11/h4-5,13H,2-3H2,1H3. The minimum absolute atomic E-state index is 0.165. The molecule has 0 bridgehead atoms. The van der Waals surface area contributed by atoms with E-state index in [1.807, 2.05) is 0 Å². The zero-order valence-corrected chi connectivity index (χ0v) is 8.79. The Hall–Kier alpha value is -0.480. The van der Waals surface area contributed by atoms with Crippen LogP contribution in [0.15, 0.2) is 16.6 Å². The molecule has 72 valence electrons. The fourth-order valence-corrected chi connectivity index (χ4v) is 1.33. The second-order valence-corrected chi connectivity index (χ2v) is 3.57. The quantitative estimate of drug-likeness (QED) is 0.812. The van der Waals surface area contributed by atoms with Gasteiger partial charge in [-0.3, -0.25) is 0 Å². The molecule has 0 heterocycles. The molecule has 1 nitrogen and oxygen atoms in total. The largest absolute Gasteiger partial charge is 0.319 e. The van der Waals surface area contributed by atoms with Gasteiger partial charge < -0.3 is 5.32 Å². The second-order valence-electron chi connectivity index (χ2n) is 2.71. The SMILES string of the molecule is CNCCc1cc(F)c(Br)cc1F. The molecule has 0 fully saturated rings. The summed E-state index contributed by atoms with van der Waals surface area (Å²) in [6.07, 6.45) is 0.493. The van der Waals surface area contributed by atoms with E-state index >= 15 is 0 Å². The minimum Gasteiger partial charge on any atom is -0.319 e. The van der Waals surface area contributed by atoms with E-state index in [1.165, 1.54) is 6.07 Å². The van der Waals surface area contributed by atoms with Crippen LogP contribution < -0.4 is 5.32 Å². The average Bonchev–Trinajstić information content (AvgIpc) is 2.09. The number of nitrogens with one attached hydrogen (secondary N) is 1. The fourth-order valence-electron chi connectivity index (χ4n) is 1.02. The molecule has 4 heteroatoms. The number of rotatable bonds is 3. The van der Waals surface area contributed by atoms with Crippen LogP contribution in [0.5, 0.6) is 0 Å². The molecule has 0 saturated carbocycles. The van der Waals surface area contributed by atoms with Crippen LogP contribution in [0.4, 0.5) is 8.78 Å². The number of likely N-dealkylation sites (N-methyl/N-ethyl adjacent to an activating group) is 1. The van der Waals surface area contributed by atoms with Crippen LogP contribution in [0.3, 0.4) is 0 Å². The van der Waals surface area contributed by atoms with Gasteiger partial charge in [-0.1, -0.05) is 0 Å². The molecule has 0 aromatic heterocycles. The van der Waals surface area contributed by atoms with E-state index in [0.717, 1.165) is 6.07 Å². The third kappa shape index (κ3) is 2.74. The van der Waals surface area contributed by atoms with Crippen molar-refractivity contribution in [3.63, 3.8) is 0 Å². The molecule has 0 amide bonds. The summed E-state index contributed by atoms with van der Waals surface area (Å²) in [4.78, 5) is 0. The van der Waals surface area contributed by atoms with Crippen LogP contribution in [0, 0.1) is 11.6 Å². The highest BCUT2D eigenvalue weighted by molar-refractivity contribution is 9.10. The van der Waals surface area contributed by atoms with Gasteiger partial charge in [0.25, 0.3) is 0 Å². The maximum absolute atomic E-state index is 13.1. The van der Waals surface area contributed by atoms with Crippen LogP contribution in [-0.4, -0.2) is 13.6 Å². The lowest BCUT2D eigenvalue weighted by atomic mass is 10.1. The summed E-state index contributed by atoms with van der Waals surface area (Å²) in [5.41, 5.74) is 0.398. The third-order valence-electron chi connectivity index (χ3n) is 1.73. The first-order valence-corrected chi connectivity index (χ1v) is 4.72. The lowest BCUT2D eigenvalue weighted by molar-refractivity contribution is 0.577. The Labute approximate surface area is 84.3 Å². The first kappa shape index (κ1) is 10.6. The topological polar surface area (TPSA) is 12.0 Å². The number of halogens is 3. The average molecular weight is 250 g/mol. The highest BCUT2D eigenvalue weighted by atomic mass is 79.9. The third-order valence-corrected chi connectivity index (χ3v) is 2.34. The van der Waals surface area contributed by atoms with Gasteiger partial charge in [-0.25, -0.2) is 8.78 Å². The van der Waals surface area contributed by atoms with Crippen molar-refractivity contribution < 1.29 is 8.78 Å². The smallest absolute Gasteiger partial charge is 0.137 e. The lowest BCUT2D eigenvalue weighted by Crippen LogP contribution is -2.11. The summed E-state index contributed by atoms with van der Waals surface area (Å²) in [6.45, 7) is 0.637. The van der Waals surface area contributed by atoms with Crippen molar-refractivity contribution in [1.29, 1.82) is 0 Å². The molecule has 0 aliphatic carbocycles. The monoisotopic (exact) mass is 249 g/mol. The zero-order chi connectivity index (χ0) is 9.84. The Morgan fingerprint density at radius 3 is 2.62 bits per heavy atom. The zero-order valence-electron chi connectivity index (χ0n) is 7.20. The lowest BCUT2D eigenvalue weighted by Gasteiger charge is -2.03. The molecule has 0 atom stereocenters. The van der Waals surface area contributed by atoms with E-state index in [9.17, 15) is 8.78 Å². The highest BCUT2D eigenvalue weighted by Crippen LogP contribution is 2.19. The Bertz CT molecular complexity index is 302. The van der Waals surface area contributed by atoms with Crippen LogP contribution in [0.2, 0.25) is 0 Å². The van der Waals surface area contributed by atoms with Crippen LogP contribution in [-0.2, 0) is 6.42 Å². The number of hydrogen-bond acceptors (Lipinski definition) is 1. The molecular formula is C9H10BrF2N. The van der Waals surface area contributed by atoms with Crippen LogP contribution in [0.25, 0.3) is 0 Å². The summed E-state index contributed by atoms with van der Waals surface area (Å²) < 4.78 is 26.2. The molecule has 1 aromatic carbocycles. The van der Waals surface area contributed by atoms with Crippen molar-refractivity contribution in [3.05, 3.63) is 33.8 Å². The molecule has 1 N–H and O–H groups in total. The first-order valence-electron chi connectivity index (χ1n) is 3.93. The van der Waals surface area contributed by atoms with Gasteiger partial charge >= 0.3 is 0 Å². The number of benzene rings is 1. The van der Waals surface area contributed by atoms with Crippen molar-refractivity contribution in [1.82, 2.24) is 5.32 Å². The van der Waals surface area contributed by atoms with E-state index in [4.69, 9.17) is 0 Å². The molecule has 13 heavy (non-hydrogen) atoms. The Balaban J connectivity index is 2.88. The van der Waals surface area contributed by atoms with Crippen molar-refractivity contribution in [2.45, 2.75) is 6.42 Å². The first-order chi connectivity index (χ1) is 6.15. The Morgan fingerprint density at radius 1 is 1.31 bits per heavy atom. The van der Waals surface area contributed by atoms with Gasteiger partial charge in [0.2, 0.25) is 0 Å². The molecule has 1 aromatic rings. The minimum atomic E-state index is -0.424. The summed E-state index contributed by atoms with van der Waals surface area (Å²) in [5.74, 6) is -0.795. The molecule has 0 radical (unpaired) electrons. The summed E-state index contributed by atoms with van der Waals surface area (Å²) in [7, 11) is 1.77. The fraction of sp³-hybridized carbons (Fsp3) is 0.333. The van der Waals surface area contributed by atoms with E-state index < -0.39 is 5.82 Å². The normalized spacial score (nSPS) is 10.5. The predicted octanol–water partition coefficient (Wildman–Crippen LogP) is 2.49. The Kier molecular flexibility index (Phi) is 3.81. The van der Waals surface area contributed by atoms with Gasteiger partial charge in [0.05, 0.1) is 4.47 Å². The summed E-state index contributed by atoms with van der Waals surface area (Å²) >= 11 is 2.92. The van der Waals surface area contributed by atoms with E-state index in [0.29, 0.717) is 18.5 Å². The number of hydrogen-bond donors (Lipinski definition) is 1. The highest BCUT2D eigenvalue weighted by Gasteiger charge is 2.07.